The maximum absolute atomic E-state index is 3.50. The van der Waals surface area contributed by atoms with Gasteiger partial charge in [-0.2, -0.15) is 0 Å². The van der Waals surface area contributed by atoms with E-state index in [4.69, 9.17) is 0 Å². The standard InChI is InChI=1S/C10H21N/c1-8(2)11-7-9-5-6-10(9,3)4/h8-9,11H,5-7H2,1-4H3. The molecule has 0 radical (unpaired) electrons. The lowest BCUT2D eigenvalue weighted by atomic mass is 9.62. The molecule has 1 saturated carbocycles. The first-order chi connectivity index (χ1) is 5.02. The van der Waals surface area contributed by atoms with Crippen molar-refractivity contribution in [3.8, 4) is 0 Å². The van der Waals surface area contributed by atoms with Gasteiger partial charge in [0.05, 0.1) is 0 Å². The number of nitrogens with one attached hydrogen (secondary N) is 1. The first-order valence-electron chi connectivity index (χ1n) is 4.76. The summed E-state index contributed by atoms with van der Waals surface area (Å²) in [6.45, 7) is 10.4. The molecule has 1 fully saturated rings. The smallest absolute Gasteiger partial charge is 0.00104 e. The predicted octanol–water partition coefficient (Wildman–Crippen LogP) is 2.42. The van der Waals surface area contributed by atoms with Crippen LogP contribution in [0.2, 0.25) is 0 Å². The minimum absolute atomic E-state index is 0.613. The second-order valence-corrected chi connectivity index (χ2v) is 4.79. The third-order valence-electron chi connectivity index (χ3n) is 3.01. The molecule has 1 atom stereocenters. The lowest BCUT2D eigenvalue weighted by Gasteiger charge is -2.45. The Balaban J connectivity index is 2.18. The fraction of sp³-hybridized carbons (Fsp3) is 1.00. The van der Waals surface area contributed by atoms with Crippen molar-refractivity contribution in [3.63, 3.8) is 0 Å². The number of rotatable bonds is 3. The molecule has 1 rings (SSSR count). The van der Waals surface area contributed by atoms with Crippen LogP contribution in [-0.4, -0.2) is 12.6 Å². The van der Waals surface area contributed by atoms with Crippen LogP contribution in [0.15, 0.2) is 0 Å². The van der Waals surface area contributed by atoms with Gasteiger partial charge in [0.15, 0.2) is 0 Å². The van der Waals surface area contributed by atoms with Crippen LogP contribution in [0, 0.1) is 11.3 Å². The van der Waals surface area contributed by atoms with Crippen molar-refractivity contribution in [2.45, 2.75) is 46.6 Å². The van der Waals surface area contributed by atoms with E-state index in [1.165, 1.54) is 19.4 Å². The molecule has 11 heavy (non-hydrogen) atoms. The average molecular weight is 155 g/mol. The van der Waals surface area contributed by atoms with E-state index in [1.807, 2.05) is 0 Å². The van der Waals surface area contributed by atoms with Crippen LogP contribution in [0.25, 0.3) is 0 Å². The molecule has 0 bridgehead atoms. The van der Waals surface area contributed by atoms with Gasteiger partial charge < -0.3 is 5.32 Å². The Morgan fingerprint density at radius 1 is 1.45 bits per heavy atom. The Morgan fingerprint density at radius 2 is 2.09 bits per heavy atom. The molecule has 0 heterocycles. The van der Waals surface area contributed by atoms with Crippen LogP contribution < -0.4 is 5.32 Å². The third-order valence-corrected chi connectivity index (χ3v) is 3.01. The van der Waals surface area contributed by atoms with Crippen molar-refractivity contribution in [2.75, 3.05) is 6.54 Å². The molecule has 1 nitrogen and oxygen atoms in total. The van der Waals surface area contributed by atoms with Crippen molar-refractivity contribution >= 4 is 0 Å². The Labute approximate surface area is 70.6 Å². The highest BCUT2D eigenvalue weighted by Crippen LogP contribution is 2.45. The molecular weight excluding hydrogens is 134 g/mol. The molecule has 1 N–H and O–H groups in total. The molecule has 1 heteroatoms. The van der Waals surface area contributed by atoms with Crippen LogP contribution >= 0.6 is 0 Å². The zero-order valence-electron chi connectivity index (χ0n) is 8.28. The van der Waals surface area contributed by atoms with E-state index in [-0.39, 0.29) is 0 Å². The van der Waals surface area contributed by atoms with Crippen LogP contribution in [0.4, 0.5) is 0 Å². The largest absolute Gasteiger partial charge is 0.314 e. The van der Waals surface area contributed by atoms with E-state index < -0.39 is 0 Å². The maximum atomic E-state index is 3.50. The van der Waals surface area contributed by atoms with Crippen molar-refractivity contribution in [3.05, 3.63) is 0 Å². The molecule has 66 valence electrons. The van der Waals surface area contributed by atoms with E-state index in [2.05, 4.69) is 33.0 Å². The van der Waals surface area contributed by atoms with Crippen LogP contribution in [-0.2, 0) is 0 Å². The second-order valence-electron chi connectivity index (χ2n) is 4.79. The molecule has 1 unspecified atom stereocenters. The monoisotopic (exact) mass is 155 g/mol. The molecule has 1 aliphatic carbocycles. The summed E-state index contributed by atoms with van der Waals surface area (Å²) in [4.78, 5) is 0. The van der Waals surface area contributed by atoms with Gasteiger partial charge in [0.25, 0.3) is 0 Å². The molecule has 0 aromatic heterocycles. The van der Waals surface area contributed by atoms with E-state index in [0.717, 1.165) is 5.92 Å². The summed E-state index contributed by atoms with van der Waals surface area (Å²) in [5, 5.41) is 3.50. The molecule has 0 aromatic rings. The highest BCUT2D eigenvalue weighted by atomic mass is 14.9. The normalized spacial score (nSPS) is 28.6. The van der Waals surface area contributed by atoms with Gasteiger partial charge in [-0.3, -0.25) is 0 Å². The molecule has 0 aliphatic heterocycles. The summed E-state index contributed by atoms with van der Waals surface area (Å²) in [5.74, 6) is 0.921. The third kappa shape index (κ3) is 2.19. The molecule has 0 saturated heterocycles. The van der Waals surface area contributed by atoms with Crippen molar-refractivity contribution in [1.29, 1.82) is 0 Å². The SMILES string of the molecule is CC(C)NCC1CCC1(C)C. The van der Waals surface area contributed by atoms with Crippen molar-refractivity contribution in [1.82, 2.24) is 5.32 Å². The fourth-order valence-electron chi connectivity index (χ4n) is 1.68. The quantitative estimate of drug-likeness (QED) is 0.660. The van der Waals surface area contributed by atoms with Gasteiger partial charge in [-0.05, 0) is 30.7 Å². The number of hydrogen-bond acceptors (Lipinski definition) is 1. The van der Waals surface area contributed by atoms with E-state index in [9.17, 15) is 0 Å². The van der Waals surface area contributed by atoms with Crippen LogP contribution in [0.1, 0.15) is 40.5 Å². The Bertz CT molecular complexity index is 127. The average Bonchev–Trinajstić information content (AvgIpc) is 1.85. The Morgan fingerprint density at radius 3 is 2.36 bits per heavy atom. The highest BCUT2D eigenvalue weighted by Gasteiger charge is 2.37. The fourth-order valence-corrected chi connectivity index (χ4v) is 1.68. The second kappa shape index (κ2) is 3.14. The predicted molar refractivity (Wildman–Crippen MR) is 49.6 cm³/mol. The van der Waals surface area contributed by atoms with Gasteiger partial charge >= 0.3 is 0 Å². The van der Waals surface area contributed by atoms with Crippen molar-refractivity contribution < 1.29 is 0 Å². The van der Waals surface area contributed by atoms with E-state index in [0.29, 0.717) is 11.5 Å². The summed E-state index contributed by atoms with van der Waals surface area (Å²) in [6, 6.07) is 0.645. The Kier molecular flexibility index (Phi) is 2.58. The molecule has 1 aliphatic rings. The topological polar surface area (TPSA) is 12.0 Å². The van der Waals surface area contributed by atoms with E-state index >= 15 is 0 Å². The first kappa shape index (κ1) is 9.05. The summed E-state index contributed by atoms with van der Waals surface area (Å²) >= 11 is 0. The minimum atomic E-state index is 0.613. The maximum Gasteiger partial charge on any atom is 0.00104 e. The van der Waals surface area contributed by atoms with Crippen molar-refractivity contribution in [2.24, 2.45) is 11.3 Å². The van der Waals surface area contributed by atoms with Gasteiger partial charge in [-0.25, -0.2) is 0 Å². The van der Waals surface area contributed by atoms with Gasteiger partial charge in [0.1, 0.15) is 0 Å². The summed E-state index contributed by atoms with van der Waals surface area (Å²) in [7, 11) is 0. The summed E-state index contributed by atoms with van der Waals surface area (Å²) < 4.78 is 0. The lowest BCUT2D eigenvalue weighted by molar-refractivity contribution is 0.0703. The summed E-state index contributed by atoms with van der Waals surface area (Å²) in [5.41, 5.74) is 0.613. The van der Waals surface area contributed by atoms with Crippen LogP contribution in [0.5, 0.6) is 0 Å². The van der Waals surface area contributed by atoms with E-state index in [1.54, 1.807) is 0 Å². The minimum Gasteiger partial charge on any atom is -0.314 e. The number of hydrogen-bond donors (Lipinski definition) is 1. The van der Waals surface area contributed by atoms with Crippen LogP contribution in [0.3, 0.4) is 0 Å². The zero-order valence-corrected chi connectivity index (χ0v) is 8.28. The molecule has 0 amide bonds. The zero-order chi connectivity index (χ0) is 8.48. The molecular formula is C10H21N. The van der Waals surface area contributed by atoms with Gasteiger partial charge in [0, 0.05) is 6.04 Å². The highest BCUT2D eigenvalue weighted by molar-refractivity contribution is 4.89. The first-order valence-corrected chi connectivity index (χ1v) is 4.76. The van der Waals surface area contributed by atoms with Gasteiger partial charge in [-0.15, -0.1) is 0 Å². The Hall–Kier alpha value is -0.0400. The van der Waals surface area contributed by atoms with Gasteiger partial charge in [0.2, 0.25) is 0 Å². The lowest BCUT2D eigenvalue weighted by Crippen LogP contribution is -2.43. The van der Waals surface area contributed by atoms with Gasteiger partial charge in [-0.1, -0.05) is 27.7 Å². The molecule has 0 spiro atoms. The molecule has 0 aromatic carbocycles. The summed E-state index contributed by atoms with van der Waals surface area (Å²) in [6.07, 6.45) is 2.84.